The van der Waals surface area contributed by atoms with Gasteiger partial charge in [-0.15, -0.1) is 0 Å². The van der Waals surface area contributed by atoms with Crippen molar-refractivity contribution < 1.29 is 4.74 Å². The Morgan fingerprint density at radius 2 is 1.58 bits per heavy atom. The lowest BCUT2D eigenvalue weighted by Gasteiger charge is -2.44. The first-order valence-corrected chi connectivity index (χ1v) is 8.70. The van der Waals surface area contributed by atoms with Crippen LogP contribution in [0.1, 0.15) is 72.1 Å². The minimum atomic E-state index is 0.516. The summed E-state index contributed by atoms with van der Waals surface area (Å²) in [5.74, 6) is 4.64. The Morgan fingerprint density at radius 3 is 2.16 bits per heavy atom. The maximum atomic E-state index is 5.66. The van der Waals surface area contributed by atoms with Gasteiger partial charge in [0.2, 0.25) is 0 Å². The Kier molecular flexibility index (Phi) is 5.74. The van der Waals surface area contributed by atoms with Gasteiger partial charge < -0.3 is 4.74 Å². The molecule has 112 valence electrons. The first-order chi connectivity index (χ1) is 9.17. The third kappa shape index (κ3) is 3.54. The molecule has 0 heterocycles. The molecule has 0 saturated heterocycles. The van der Waals surface area contributed by atoms with Crippen molar-refractivity contribution in [3.8, 4) is 0 Å². The molecule has 19 heavy (non-hydrogen) atoms. The molecule has 2 saturated carbocycles. The third-order valence-electron chi connectivity index (χ3n) is 6.37. The molecule has 0 spiro atoms. The molecule has 0 radical (unpaired) electrons. The molecule has 0 amide bonds. The van der Waals surface area contributed by atoms with Crippen molar-refractivity contribution in [1.82, 2.24) is 0 Å². The fraction of sp³-hybridized carbons (Fsp3) is 1.00. The Morgan fingerprint density at radius 1 is 0.895 bits per heavy atom. The van der Waals surface area contributed by atoms with Gasteiger partial charge in [-0.1, -0.05) is 46.5 Å². The van der Waals surface area contributed by atoms with Gasteiger partial charge in [-0.3, -0.25) is 0 Å². The molecule has 2 aliphatic carbocycles. The highest BCUT2D eigenvalue weighted by molar-refractivity contribution is 4.88. The van der Waals surface area contributed by atoms with Crippen molar-refractivity contribution in [2.45, 2.75) is 78.2 Å². The second kappa shape index (κ2) is 7.11. The van der Waals surface area contributed by atoms with Crippen LogP contribution in [0, 0.1) is 29.6 Å². The molecule has 4 atom stereocenters. The fourth-order valence-electron chi connectivity index (χ4n) is 4.92. The molecule has 2 rings (SSSR count). The zero-order valence-corrected chi connectivity index (χ0v) is 13.5. The van der Waals surface area contributed by atoms with Crippen LogP contribution in [-0.2, 0) is 4.74 Å². The van der Waals surface area contributed by atoms with E-state index >= 15 is 0 Å². The van der Waals surface area contributed by atoms with E-state index in [-0.39, 0.29) is 0 Å². The molecular formula is C18H34O. The van der Waals surface area contributed by atoms with E-state index in [9.17, 15) is 0 Å². The molecule has 1 nitrogen and oxygen atoms in total. The summed E-state index contributed by atoms with van der Waals surface area (Å²) in [5, 5.41) is 0. The van der Waals surface area contributed by atoms with Gasteiger partial charge in [0.15, 0.2) is 0 Å². The molecule has 1 heteroatoms. The highest BCUT2D eigenvalue weighted by Crippen LogP contribution is 2.45. The van der Waals surface area contributed by atoms with Gasteiger partial charge in [-0.05, 0) is 55.3 Å². The zero-order chi connectivity index (χ0) is 13.8. The van der Waals surface area contributed by atoms with Crippen molar-refractivity contribution in [3.05, 3.63) is 0 Å². The number of hydrogen-bond acceptors (Lipinski definition) is 1. The van der Waals surface area contributed by atoms with Crippen molar-refractivity contribution in [1.29, 1.82) is 0 Å². The lowest BCUT2D eigenvalue weighted by atomic mass is 9.63. The van der Waals surface area contributed by atoms with Gasteiger partial charge in [0.1, 0.15) is 0 Å². The van der Waals surface area contributed by atoms with E-state index in [1.807, 2.05) is 7.11 Å². The van der Waals surface area contributed by atoms with Crippen molar-refractivity contribution in [2.24, 2.45) is 29.6 Å². The summed E-state index contributed by atoms with van der Waals surface area (Å²) in [6.07, 6.45) is 12.1. The van der Waals surface area contributed by atoms with Gasteiger partial charge in [0, 0.05) is 7.11 Å². The van der Waals surface area contributed by atoms with Gasteiger partial charge in [-0.25, -0.2) is 0 Å². The fourth-order valence-corrected chi connectivity index (χ4v) is 4.92. The first-order valence-electron chi connectivity index (χ1n) is 8.70. The van der Waals surface area contributed by atoms with Crippen LogP contribution in [0.2, 0.25) is 0 Å². The van der Waals surface area contributed by atoms with E-state index in [2.05, 4.69) is 20.8 Å². The van der Waals surface area contributed by atoms with Gasteiger partial charge >= 0.3 is 0 Å². The van der Waals surface area contributed by atoms with E-state index in [1.54, 1.807) is 0 Å². The van der Waals surface area contributed by atoms with E-state index in [0.717, 1.165) is 29.6 Å². The van der Waals surface area contributed by atoms with E-state index < -0.39 is 0 Å². The minimum Gasteiger partial charge on any atom is -0.381 e. The summed E-state index contributed by atoms with van der Waals surface area (Å²) in [7, 11) is 1.89. The second-order valence-corrected chi connectivity index (χ2v) is 7.30. The predicted molar refractivity (Wildman–Crippen MR) is 82.2 cm³/mol. The van der Waals surface area contributed by atoms with Gasteiger partial charge in [0.25, 0.3) is 0 Å². The third-order valence-corrected chi connectivity index (χ3v) is 6.37. The smallest absolute Gasteiger partial charge is 0.0599 e. The van der Waals surface area contributed by atoms with E-state index in [1.165, 1.54) is 51.4 Å². The molecule has 2 aliphatic rings. The lowest BCUT2D eigenvalue weighted by molar-refractivity contribution is -0.0337. The van der Waals surface area contributed by atoms with Crippen LogP contribution in [0.5, 0.6) is 0 Å². The number of hydrogen-bond donors (Lipinski definition) is 0. The topological polar surface area (TPSA) is 9.23 Å². The van der Waals surface area contributed by atoms with Crippen LogP contribution in [0.4, 0.5) is 0 Å². The predicted octanol–water partition coefficient (Wildman–Crippen LogP) is 5.29. The van der Waals surface area contributed by atoms with Crippen molar-refractivity contribution in [3.63, 3.8) is 0 Å². The molecule has 0 N–H and O–H groups in total. The van der Waals surface area contributed by atoms with Crippen LogP contribution in [0.3, 0.4) is 0 Å². The second-order valence-electron chi connectivity index (χ2n) is 7.30. The number of rotatable bonds is 4. The van der Waals surface area contributed by atoms with E-state index in [0.29, 0.717) is 6.10 Å². The van der Waals surface area contributed by atoms with Crippen LogP contribution >= 0.6 is 0 Å². The number of ether oxygens (including phenoxy) is 1. The summed E-state index contributed by atoms with van der Waals surface area (Å²) in [6.45, 7) is 7.23. The first kappa shape index (κ1) is 15.4. The highest BCUT2D eigenvalue weighted by atomic mass is 16.5. The maximum absolute atomic E-state index is 5.66. The Labute approximate surface area is 120 Å². The summed E-state index contributed by atoms with van der Waals surface area (Å²) in [5.41, 5.74) is 0. The molecule has 0 bridgehead atoms. The van der Waals surface area contributed by atoms with Gasteiger partial charge in [-0.2, -0.15) is 0 Å². The molecular weight excluding hydrogens is 232 g/mol. The summed E-state index contributed by atoms with van der Waals surface area (Å²) < 4.78 is 5.66. The van der Waals surface area contributed by atoms with Crippen LogP contribution in [0.15, 0.2) is 0 Å². The average Bonchev–Trinajstić information content (AvgIpc) is 2.43. The Hall–Kier alpha value is -0.0400. The van der Waals surface area contributed by atoms with Crippen LogP contribution < -0.4 is 0 Å². The summed E-state index contributed by atoms with van der Waals surface area (Å²) in [6, 6.07) is 0. The monoisotopic (exact) mass is 266 g/mol. The molecule has 2 fully saturated rings. The molecule has 0 aromatic heterocycles. The Bertz CT molecular complexity index is 254. The van der Waals surface area contributed by atoms with Crippen molar-refractivity contribution in [2.75, 3.05) is 7.11 Å². The minimum absolute atomic E-state index is 0.516. The maximum Gasteiger partial charge on any atom is 0.0599 e. The van der Waals surface area contributed by atoms with Gasteiger partial charge in [0.05, 0.1) is 6.10 Å². The summed E-state index contributed by atoms with van der Waals surface area (Å²) in [4.78, 5) is 0. The zero-order valence-electron chi connectivity index (χ0n) is 13.5. The Balaban J connectivity index is 1.86. The SMILES string of the molecule is CCCC1CCC(C2CCC(OC)C(C)C2C)CC1. The largest absolute Gasteiger partial charge is 0.381 e. The van der Waals surface area contributed by atoms with Crippen molar-refractivity contribution >= 4 is 0 Å². The highest BCUT2D eigenvalue weighted by Gasteiger charge is 2.38. The van der Waals surface area contributed by atoms with Crippen LogP contribution in [-0.4, -0.2) is 13.2 Å². The lowest BCUT2D eigenvalue weighted by Crippen LogP contribution is -2.39. The van der Waals surface area contributed by atoms with E-state index in [4.69, 9.17) is 4.74 Å². The molecule has 0 aliphatic heterocycles. The van der Waals surface area contributed by atoms with Crippen LogP contribution in [0.25, 0.3) is 0 Å². The normalized spacial score (nSPS) is 44.2. The molecule has 4 unspecified atom stereocenters. The standard InChI is InChI=1S/C18H34O/c1-5-6-15-7-9-16(10-8-15)17-11-12-18(19-4)14(3)13(17)2/h13-18H,5-12H2,1-4H3. The molecule has 0 aromatic carbocycles. The number of methoxy groups -OCH3 is 1. The quantitative estimate of drug-likeness (QED) is 0.672. The molecule has 0 aromatic rings. The summed E-state index contributed by atoms with van der Waals surface area (Å²) >= 11 is 0. The average molecular weight is 266 g/mol.